The highest BCUT2D eigenvalue weighted by Crippen LogP contribution is 2.48. The third-order valence-electron chi connectivity index (χ3n) is 13.8. The minimum Gasteiger partial charge on any atom is -0.456 e. The minimum absolute atomic E-state index is 0.839. The lowest BCUT2D eigenvalue weighted by molar-refractivity contribution is 0.668. The SMILES string of the molecule is c1ccc(N(c2cccc(N(c3cccc(-c4ccc5c(c4)sc4cccc(N(c6ccccc6)c6ccccc6)c45)c3)c3ccc4oc5ccccc5c4c3)c2)c2cccc3c2oc2ccccc23)cc1. The van der Waals surface area contributed by atoms with E-state index < -0.39 is 0 Å². The molecule has 0 aliphatic heterocycles. The van der Waals surface area contributed by atoms with Gasteiger partial charge in [-0.15, -0.1) is 11.3 Å². The van der Waals surface area contributed by atoms with Crippen LogP contribution in [0.4, 0.5) is 51.2 Å². The van der Waals surface area contributed by atoms with Gasteiger partial charge in [0.1, 0.15) is 16.7 Å². The number of hydrogen-bond acceptors (Lipinski definition) is 6. The molecule has 0 saturated heterocycles. The fourth-order valence-electron chi connectivity index (χ4n) is 10.6. The number of thiophene rings is 1. The highest BCUT2D eigenvalue weighted by molar-refractivity contribution is 7.26. The molecule has 0 spiro atoms. The van der Waals surface area contributed by atoms with Crippen molar-refractivity contribution in [1.29, 1.82) is 0 Å². The second-order valence-electron chi connectivity index (χ2n) is 18.1. The van der Waals surface area contributed by atoms with Crippen LogP contribution in [0.5, 0.6) is 0 Å². The number of rotatable bonds is 10. The van der Waals surface area contributed by atoms with Gasteiger partial charge in [-0.05, 0) is 132 Å². The van der Waals surface area contributed by atoms with Crippen LogP contribution in [0.15, 0.2) is 270 Å². The number of benzene rings is 11. The van der Waals surface area contributed by atoms with Gasteiger partial charge in [-0.25, -0.2) is 0 Å². The summed E-state index contributed by atoms with van der Waals surface area (Å²) in [6.07, 6.45) is 0. The Labute approximate surface area is 419 Å². The van der Waals surface area contributed by atoms with Gasteiger partial charge >= 0.3 is 0 Å². The second kappa shape index (κ2) is 17.2. The lowest BCUT2D eigenvalue weighted by Gasteiger charge is -2.29. The number of fused-ring (bicyclic) bond motifs is 9. The van der Waals surface area contributed by atoms with Gasteiger partial charge in [0.05, 0.1) is 11.4 Å². The van der Waals surface area contributed by atoms with Crippen LogP contribution in [-0.2, 0) is 0 Å². The van der Waals surface area contributed by atoms with E-state index in [4.69, 9.17) is 8.83 Å². The Balaban J connectivity index is 0.917. The van der Waals surface area contributed by atoms with Crippen LogP contribution in [0.25, 0.3) is 75.2 Å². The third kappa shape index (κ3) is 7.07. The summed E-state index contributed by atoms with van der Waals surface area (Å²) in [6.45, 7) is 0. The molecule has 3 aromatic heterocycles. The normalized spacial score (nSPS) is 11.6. The van der Waals surface area contributed by atoms with E-state index >= 15 is 0 Å². The van der Waals surface area contributed by atoms with Crippen molar-refractivity contribution in [3.63, 3.8) is 0 Å². The van der Waals surface area contributed by atoms with Crippen LogP contribution in [0, 0.1) is 0 Å². The van der Waals surface area contributed by atoms with E-state index in [9.17, 15) is 0 Å². The molecule has 340 valence electrons. The molecule has 5 nitrogen and oxygen atoms in total. The molecule has 0 unspecified atom stereocenters. The predicted octanol–water partition coefficient (Wildman–Crippen LogP) is 19.9. The van der Waals surface area contributed by atoms with E-state index in [1.807, 2.05) is 35.6 Å². The molecular formula is C66H43N3O2S. The first-order chi connectivity index (χ1) is 35.7. The first kappa shape index (κ1) is 41.6. The van der Waals surface area contributed by atoms with Crippen molar-refractivity contribution >= 4 is 127 Å². The van der Waals surface area contributed by atoms with Gasteiger partial charge in [0.2, 0.25) is 0 Å². The molecule has 14 aromatic rings. The van der Waals surface area contributed by atoms with Crippen molar-refractivity contribution in [1.82, 2.24) is 0 Å². The monoisotopic (exact) mass is 941 g/mol. The van der Waals surface area contributed by atoms with Crippen molar-refractivity contribution < 1.29 is 8.83 Å². The Hall–Kier alpha value is -9.36. The topological polar surface area (TPSA) is 36.0 Å². The van der Waals surface area contributed by atoms with Crippen molar-refractivity contribution in [2.75, 3.05) is 14.7 Å². The van der Waals surface area contributed by atoms with Crippen LogP contribution in [0.2, 0.25) is 0 Å². The molecule has 0 amide bonds. The van der Waals surface area contributed by atoms with Gasteiger partial charge in [0, 0.05) is 81.5 Å². The molecule has 6 heteroatoms. The van der Waals surface area contributed by atoms with E-state index in [2.05, 4.69) is 251 Å². The molecule has 0 N–H and O–H groups in total. The highest BCUT2D eigenvalue weighted by atomic mass is 32.1. The first-order valence-corrected chi connectivity index (χ1v) is 25.0. The summed E-state index contributed by atoms with van der Waals surface area (Å²) in [5.41, 5.74) is 15.1. The Morgan fingerprint density at radius 1 is 0.264 bits per heavy atom. The molecule has 0 fully saturated rings. The fraction of sp³-hybridized carbons (Fsp3) is 0. The van der Waals surface area contributed by atoms with Crippen molar-refractivity contribution in [2.45, 2.75) is 0 Å². The zero-order chi connectivity index (χ0) is 47.5. The maximum atomic E-state index is 6.68. The lowest BCUT2D eigenvalue weighted by atomic mass is 10.0. The van der Waals surface area contributed by atoms with E-state index in [0.29, 0.717) is 0 Å². The summed E-state index contributed by atoms with van der Waals surface area (Å²) in [5.74, 6) is 0. The van der Waals surface area contributed by atoms with Crippen LogP contribution in [0.1, 0.15) is 0 Å². The zero-order valence-corrected chi connectivity index (χ0v) is 39.7. The largest absolute Gasteiger partial charge is 0.456 e. The number of hydrogen-bond donors (Lipinski definition) is 0. The standard InChI is InChI=1S/C66H43N3O2S/c1-4-19-46(20-5-1)68(47-21-6-2-7-22-47)58-31-17-35-63-65(58)56-38-36-45(41-64(56)72-63)44-18-14-25-49(40-44)67(52-37-39-62-57(43-52)54-29-11-12-33-60(54)70-62)50-26-15-27-51(42-50)69(48-23-8-3-9-24-48)59-32-16-30-55-53-28-10-13-34-61(53)71-66(55)59/h1-43H. The van der Waals surface area contributed by atoms with Gasteiger partial charge < -0.3 is 23.5 Å². The molecule has 0 bridgehead atoms. The smallest absolute Gasteiger partial charge is 0.159 e. The summed E-state index contributed by atoms with van der Waals surface area (Å²) >= 11 is 1.84. The maximum absolute atomic E-state index is 6.68. The molecule has 0 aliphatic rings. The van der Waals surface area contributed by atoms with Gasteiger partial charge in [-0.3, -0.25) is 0 Å². The molecular weight excluding hydrogens is 899 g/mol. The van der Waals surface area contributed by atoms with Crippen LogP contribution < -0.4 is 14.7 Å². The summed E-state index contributed by atoms with van der Waals surface area (Å²) in [6, 6.07) is 92.8. The maximum Gasteiger partial charge on any atom is 0.159 e. The van der Waals surface area contributed by atoms with E-state index in [0.717, 1.165) is 106 Å². The van der Waals surface area contributed by atoms with E-state index in [1.54, 1.807) is 0 Å². The van der Waals surface area contributed by atoms with Crippen LogP contribution in [0.3, 0.4) is 0 Å². The Bertz CT molecular complexity index is 4270. The molecule has 0 atom stereocenters. The van der Waals surface area contributed by atoms with Gasteiger partial charge in [-0.1, -0.05) is 140 Å². The zero-order valence-electron chi connectivity index (χ0n) is 38.9. The lowest BCUT2D eigenvalue weighted by Crippen LogP contribution is -2.13. The molecule has 11 aromatic carbocycles. The van der Waals surface area contributed by atoms with Crippen molar-refractivity contribution in [2.24, 2.45) is 0 Å². The summed E-state index contributed by atoms with van der Waals surface area (Å²) < 4.78 is 15.5. The molecule has 0 aliphatic carbocycles. The van der Waals surface area contributed by atoms with E-state index in [-0.39, 0.29) is 0 Å². The predicted molar refractivity (Wildman–Crippen MR) is 303 cm³/mol. The number of nitrogens with zero attached hydrogens (tertiary/aromatic N) is 3. The number of furan rings is 2. The first-order valence-electron chi connectivity index (χ1n) is 24.2. The quantitative estimate of drug-likeness (QED) is 0.137. The van der Waals surface area contributed by atoms with Gasteiger partial charge in [-0.2, -0.15) is 0 Å². The third-order valence-corrected chi connectivity index (χ3v) is 14.9. The van der Waals surface area contributed by atoms with Crippen molar-refractivity contribution in [3.05, 3.63) is 261 Å². The molecule has 0 saturated carbocycles. The minimum atomic E-state index is 0.839. The number of anilines is 9. The average Bonchev–Trinajstić information content (AvgIpc) is 4.14. The summed E-state index contributed by atoms with van der Waals surface area (Å²) in [7, 11) is 0. The van der Waals surface area contributed by atoms with Gasteiger partial charge in [0.25, 0.3) is 0 Å². The second-order valence-corrected chi connectivity index (χ2v) is 19.2. The molecule has 72 heavy (non-hydrogen) atoms. The van der Waals surface area contributed by atoms with Crippen molar-refractivity contribution in [3.8, 4) is 11.1 Å². The van der Waals surface area contributed by atoms with Gasteiger partial charge in [0.15, 0.2) is 5.58 Å². The molecule has 3 heterocycles. The summed E-state index contributed by atoms with van der Waals surface area (Å²) in [5, 5.41) is 6.81. The fourth-order valence-corrected chi connectivity index (χ4v) is 11.7. The molecule has 0 radical (unpaired) electrons. The van der Waals surface area contributed by atoms with Crippen LogP contribution >= 0.6 is 11.3 Å². The Morgan fingerprint density at radius 2 is 0.764 bits per heavy atom. The van der Waals surface area contributed by atoms with Crippen LogP contribution in [-0.4, -0.2) is 0 Å². The number of para-hydroxylation sites is 6. The highest BCUT2D eigenvalue weighted by Gasteiger charge is 2.23. The van der Waals surface area contributed by atoms with E-state index in [1.165, 1.54) is 20.2 Å². The Morgan fingerprint density at radius 3 is 1.49 bits per heavy atom. The Kier molecular flexibility index (Phi) is 9.96. The molecule has 14 rings (SSSR count). The average molecular weight is 942 g/mol. The summed E-state index contributed by atoms with van der Waals surface area (Å²) in [4.78, 5) is 7.04.